The average molecular weight is 328 g/mol. The molecule has 1 saturated heterocycles. The van der Waals surface area contributed by atoms with E-state index < -0.39 is 0 Å². The molecule has 1 unspecified atom stereocenters. The van der Waals surface area contributed by atoms with Gasteiger partial charge in [0, 0.05) is 12.3 Å². The van der Waals surface area contributed by atoms with Crippen LogP contribution in [0.4, 0.5) is 5.82 Å². The van der Waals surface area contributed by atoms with Gasteiger partial charge in [-0.05, 0) is 43.9 Å². The fourth-order valence-electron chi connectivity index (χ4n) is 2.42. The first kappa shape index (κ1) is 14.6. The van der Waals surface area contributed by atoms with Gasteiger partial charge in [-0.2, -0.15) is 10.1 Å². The van der Waals surface area contributed by atoms with Crippen molar-refractivity contribution in [2.45, 2.75) is 32.4 Å². The number of nitrogens with two attached hydrogens (primary N) is 1. The second-order valence-corrected chi connectivity index (χ2v) is 5.69. The van der Waals surface area contributed by atoms with Crippen LogP contribution in [0.3, 0.4) is 0 Å². The summed E-state index contributed by atoms with van der Waals surface area (Å²) in [7, 11) is 0. The van der Waals surface area contributed by atoms with Gasteiger partial charge in [-0.25, -0.2) is 9.67 Å². The summed E-state index contributed by atoms with van der Waals surface area (Å²) in [5.74, 6) is 0.146. The summed E-state index contributed by atoms with van der Waals surface area (Å²) in [5, 5.41) is 4.86. The number of aromatic nitrogens is 4. The van der Waals surface area contributed by atoms with E-state index in [0.717, 1.165) is 31.6 Å². The standard InChI is InChI=1S/C13H15Cl2N5O/c1-7-6-8(11-10(14)12(16)18-13(15)17-11)19-20(7)9-4-2-3-5-21-9/h6,9H,2-5H2,1H3,(H2,16,17,18). The van der Waals surface area contributed by atoms with Crippen molar-refractivity contribution in [1.29, 1.82) is 0 Å². The van der Waals surface area contributed by atoms with Gasteiger partial charge in [0.1, 0.15) is 28.5 Å². The number of nitrogen functional groups attached to an aromatic ring is 1. The van der Waals surface area contributed by atoms with Gasteiger partial charge in [-0.3, -0.25) is 0 Å². The van der Waals surface area contributed by atoms with Crippen LogP contribution in [-0.2, 0) is 4.74 Å². The van der Waals surface area contributed by atoms with Crippen molar-refractivity contribution in [1.82, 2.24) is 19.7 Å². The molecule has 8 heteroatoms. The molecule has 3 rings (SSSR count). The molecule has 2 N–H and O–H groups in total. The quantitative estimate of drug-likeness (QED) is 0.856. The minimum Gasteiger partial charge on any atom is -0.382 e. The Kier molecular flexibility index (Phi) is 4.01. The van der Waals surface area contributed by atoms with Crippen molar-refractivity contribution in [3.8, 4) is 11.4 Å². The second-order valence-electron chi connectivity index (χ2n) is 4.98. The molecule has 2 aromatic heterocycles. The van der Waals surface area contributed by atoms with E-state index in [4.69, 9.17) is 33.7 Å². The predicted octanol–water partition coefficient (Wildman–Crippen LogP) is 3.24. The topological polar surface area (TPSA) is 78.9 Å². The van der Waals surface area contributed by atoms with E-state index in [0.29, 0.717) is 11.4 Å². The Morgan fingerprint density at radius 2 is 2.14 bits per heavy atom. The lowest BCUT2D eigenvalue weighted by Gasteiger charge is -2.23. The van der Waals surface area contributed by atoms with Crippen LogP contribution in [0.1, 0.15) is 31.2 Å². The number of hydrogen-bond donors (Lipinski definition) is 1. The first-order valence-corrected chi connectivity index (χ1v) is 7.48. The third-order valence-corrected chi connectivity index (χ3v) is 3.98. The summed E-state index contributed by atoms with van der Waals surface area (Å²) in [6.45, 7) is 2.72. The Balaban J connectivity index is 2.01. The molecule has 0 radical (unpaired) electrons. The lowest BCUT2D eigenvalue weighted by molar-refractivity contribution is -0.0405. The molecule has 3 heterocycles. The Hall–Kier alpha value is -1.37. The largest absolute Gasteiger partial charge is 0.382 e. The molecule has 1 atom stereocenters. The van der Waals surface area contributed by atoms with Gasteiger partial charge < -0.3 is 10.5 Å². The molecule has 6 nitrogen and oxygen atoms in total. The number of nitrogens with zero attached hydrogens (tertiary/aromatic N) is 4. The summed E-state index contributed by atoms with van der Waals surface area (Å²) >= 11 is 12.0. The van der Waals surface area contributed by atoms with Crippen LogP contribution in [0.25, 0.3) is 11.4 Å². The molecule has 1 aliphatic heterocycles. The smallest absolute Gasteiger partial charge is 0.225 e. The molecule has 0 saturated carbocycles. The number of ether oxygens (including phenoxy) is 1. The van der Waals surface area contributed by atoms with Crippen LogP contribution in [0.2, 0.25) is 10.3 Å². The highest BCUT2D eigenvalue weighted by Gasteiger charge is 2.21. The number of halogens is 2. The highest BCUT2D eigenvalue weighted by Crippen LogP contribution is 2.32. The van der Waals surface area contributed by atoms with Crippen molar-refractivity contribution in [2.24, 2.45) is 0 Å². The highest BCUT2D eigenvalue weighted by atomic mass is 35.5. The lowest BCUT2D eigenvalue weighted by Crippen LogP contribution is -2.20. The number of anilines is 1. The monoisotopic (exact) mass is 327 g/mol. The maximum atomic E-state index is 6.16. The highest BCUT2D eigenvalue weighted by molar-refractivity contribution is 6.36. The third kappa shape index (κ3) is 2.84. The first-order chi connectivity index (χ1) is 10.1. The maximum Gasteiger partial charge on any atom is 0.225 e. The molecule has 0 aromatic carbocycles. The number of rotatable bonds is 2. The van der Waals surface area contributed by atoms with Crippen molar-refractivity contribution in [3.63, 3.8) is 0 Å². The molecule has 0 amide bonds. The zero-order chi connectivity index (χ0) is 15.0. The van der Waals surface area contributed by atoms with Gasteiger partial charge in [-0.15, -0.1) is 0 Å². The molecule has 21 heavy (non-hydrogen) atoms. The fraction of sp³-hybridized carbons (Fsp3) is 0.462. The molecule has 1 aliphatic rings. The molecule has 2 aromatic rings. The van der Waals surface area contributed by atoms with E-state index in [1.165, 1.54) is 0 Å². The second kappa shape index (κ2) is 5.79. The number of aryl methyl sites for hydroxylation is 1. The van der Waals surface area contributed by atoms with Crippen LogP contribution in [0.5, 0.6) is 0 Å². The van der Waals surface area contributed by atoms with Gasteiger partial charge in [-0.1, -0.05) is 11.6 Å². The van der Waals surface area contributed by atoms with E-state index in [9.17, 15) is 0 Å². The van der Waals surface area contributed by atoms with Crippen LogP contribution >= 0.6 is 23.2 Å². The van der Waals surface area contributed by atoms with E-state index in [1.54, 1.807) is 0 Å². The van der Waals surface area contributed by atoms with Crippen LogP contribution in [0.15, 0.2) is 6.07 Å². The summed E-state index contributed by atoms with van der Waals surface area (Å²) < 4.78 is 7.61. The van der Waals surface area contributed by atoms with Crippen molar-refractivity contribution < 1.29 is 4.74 Å². The van der Waals surface area contributed by atoms with Gasteiger partial charge >= 0.3 is 0 Å². The van der Waals surface area contributed by atoms with Crippen LogP contribution < -0.4 is 5.73 Å². The number of hydrogen-bond acceptors (Lipinski definition) is 5. The lowest BCUT2D eigenvalue weighted by atomic mass is 10.2. The molecular weight excluding hydrogens is 313 g/mol. The third-order valence-electron chi connectivity index (χ3n) is 3.44. The molecule has 1 fully saturated rings. The van der Waals surface area contributed by atoms with E-state index in [2.05, 4.69) is 15.1 Å². The van der Waals surface area contributed by atoms with Crippen molar-refractivity contribution >= 4 is 29.0 Å². The van der Waals surface area contributed by atoms with Gasteiger partial charge in [0.25, 0.3) is 0 Å². The normalized spacial score (nSPS) is 18.9. The SMILES string of the molecule is Cc1cc(-c2nc(Cl)nc(N)c2Cl)nn1C1CCCCO1. The molecule has 0 spiro atoms. The minimum atomic E-state index is -0.0408. The van der Waals surface area contributed by atoms with Crippen molar-refractivity contribution in [2.75, 3.05) is 12.3 Å². The fourth-order valence-corrected chi connectivity index (χ4v) is 2.77. The van der Waals surface area contributed by atoms with Gasteiger partial charge in [0.15, 0.2) is 0 Å². The first-order valence-electron chi connectivity index (χ1n) is 6.73. The maximum absolute atomic E-state index is 6.16. The van der Waals surface area contributed by atoms with Crippen LogP contribution in [0, 0.1) is 6.92 Å². The Bertz CT molecular complexity index is 667. The zero-order valence-corrected chi connectivity index (χ0v) is 13.0. The van der Waals surface area contributed by atoms with E-state index in [1.807, 2.05) is 17.7 Å². The Morgan fingerprint density at radius 3 is 2.86 bits per heavy atom. The predicted molar refractivity (Wildman–Crippen MR) is 81.3 cm³/mol. The molecular formula is C13H15Cl2N5O. The Morgan fingerprint density at radius 1 is 1.33 bits per heavy atom. The van der Waals surface area contributed by atoms with Crippen molar-refractivity contribution in [3.05, 3.63) is 22.1 Å². The molecule has 0 bridgehead atoms. The van der Waals surface area contributed by atoms with E-state index in [-0.39, 0.29) is 22.4 Å². The summed E-state index contributed by atoms with van der Waals surface area (Å²) in [5.41, 5.74) is 7.74. The summed E-state index contributed by atoms with van der Waals surface area (Å²) in [4.78, 5) is 7.95. The Labute approximate surface area is 132 Å². The van der Waals surface area contributed by atoms with Gasteiger partial charge in [0.05, 0.1) is 0 Å². The summed E-state index contributed by atoms with van der Waals surface area (Å²) in [6.07, 6.45) is 3.13. The van der Waals surface area contributed by atoms with E-state index >= 15 is 0 Å². The average Bonchev–Trinajstić information content (AvgIpc) is 2.85. The molecule has 112 valence electrons. The molecule has 0 aliphatic carbocycles. The zero-order valence-electron chi connectivity index (χ0n) is 11.5. The van der Waals surface area contributed by atoms with Gasteiger partial charge in [0.2, 0.25) is 5.28 Å². The minimum absolute atomic E-state index is 0.0408. The van der Waals surface area contributed by atoms with Crippen LogP contribution in [-0.4, -0.2) is 26.4 Å². The summed E-state index contributed by atoms with van der Waals surface area (Å²) in [6, 6.07) is 1.89.